The van der Waals surface area contributed by atoms with Crippen LogP contribution in [0.1, 0.15) is 23.2 Å². The van der Waals surface area contributed by atoms with E-state index in [1.165, 1.54) is 6.07 Å². The van der Waals surface area contributed by atoms with Gasteiger partial charge in [-0.25, -0.2) is 4.39 Å². The zero-order chi connectivity index (χ0) is 13.3. The number of primary amides is 1. The first-order valence-corrected chi connectivity index (χ1v) is 5.88. The molecular weight excluding hydrogens is 235 g/mol. The van der Waals surface area contributed by atoms with Gasteiger partial charge in [-0.2, -0.15) is 0 Å². The van der Waals surface area contributed by atoms with Gasteiger partial charge in [-0.1, -0.05) is 0 Å². The molecule has 0 aliphatic carbocycles. The molecule has 1 amide bonds. The maximum absolute atomic E-state index is 14.0. The van der Waals surface area contributed by atoms with E-state index in [2.05, 4.69) is 0 Å². The highest BCUT2D eigenvalue weighted by Gasteiger charge is 2.21. The number of hydrogen-bond donors (Lipinski definition) is 3. The van der Waals surface area contributed by atoms with E-state index in [0.29, 0.717) is 12.2 Å². The highest BCUT2D eigenvalue weighted by atomic mass is 19.1. The Balaban J connectivity index is 2.34. The summed E-state index contributed by atoms with van der Waals surface area (Å²) < 4.78 is 14.0. The average molecular weight is 252 g/mol. The van der Waals surface area contributed by atoms with Gasteiger partial charge in [0, 0.05) is 24.8 Å². The van der Waals surface area contributed by atoms with E-state index in [0.717, 1.165) is 25.5 Å². The first-order chi connectivity index (χ1) is 8.49. The minimum atomic E-state index is -0.728. The molecule has 0 radical (unpaired) electrons. The minimum absolute atomic E-state index is 0.0116. The van der Waals surface area contributed by atoms with Gasteiger partial charge in [0.25, 0.3) is 5.91 Å². The van der Waals surface area contributed by atoms with Crippen molar-refractivity contribution in [1.29, 1.82) is 0 Å². The van der Waals surface area contributed by atoms with Crippen molar-refractivity contribution in [3.63, 3.8) is 0 Å². The van der Waals surface area contributed by atoms with Crippen LogP contribution in [-0.4, -0.2) is 25.0 Å². The zero-order valence-electron chi connectivity index (χ0n) is 10.0. The van der Waals surface area contributed by atoms with Gasteiger partial charge in [-0.05, 0) is 25.0 Å². The zero-order valence-corrected chi connectivity index (χ0v) is 10.0. The number of halogens is 1. The number of carbonyl (C=O) groups excluding carboxylic acids is 1. The minimum Gasteiger partial charge on any atom is -0.398 e. The molecule has 18 heavy (non-hydrogen) atoms. The molecule has 6 heteroatoms. The fraction of sp³-hybridized carbons (Fsp3) is 0.417. The van der Waals surface area contributed by atoms with Crippen LogP contribution < -0.4 is 22.1 Å². The molecule has 1 saturated heterocycles. The lowest BCUT2D eigenvalue weighted by atomic mass is 10.0. The second-order valence-corrected chi connectivity index (χ2v) is 4.60. The number of hydrogen-bond acceptors (Lipinski definition) is 4. The van der Waals surface area contributed by atoms with Crippen LogP contribution in [0.3, 0.4) is 0 Å². The Morgan fingerprint density at radius 3 is 2.78 bits per heavy atom. The predicted octanol–water partition coefficient (Wildman–Crippen LogP) is 0.434. The van der Waals surface area contributed by atoms with E-state index >= 15 is 0 Å². The van der Waals surface area contributed by atoms with Crippen molar-refractivity contribution < 1.29 is 9.18 Å². The van der Waals surface area contributed by atoms with Gasteiger partial charge in [-0.15, -0.1) is 0 Å². The molecule has 6 N–H and O–H groups in total. The Hall–Kier alpha value is -1.82. The summed E-state index contributed by atoms with van der Waals surface area (Å²) in [6.07, 6.45) is 1.85. The number of carbonyl (C=O) groups is 1. The van der Waals surface area contributed by atoms with E-state index in [9.17, 15) is 9.18 Å². The average Bonchev–Trinajstić information content (AvgIpc) is 2.31. The number of nitrogens with zero attached hydrogens (tertiary/aromatic N) is 1. The summed E-state index contributed by atoms with van der Waals surface area (Å²) in [4.78, 5) is 12.9. The summed E-state index contributed by atoms with van der Waals surface area (Å²) in [6.45, 7) is 1.33. The number of nitrogens with two attached hydrogens (primary N) is 3. The van der Waals surface area contributed by atoms with Crippen LogP contribution in [0.25, 0.3) is 0 Å². The molecule has 1 aliphatic heterocycles. The molecule has 0 bridgehead atoms. The van der Waals surface area contributed by atoms with Crippen molar-refractivity contribution in [3.05, 3.63) is 23.5 Å². The third-order valence-corrected chi connectivity index (χ3v) is 3.18. The van der Waals surface area contributed by atoms with E-state index in [1.54, 1.807) is 0 Å². The molecule has 1 unspecified atom stereocenters. The second kappa shape index (κ2) is 4.81. The Kier molecular flexibility index (Phi) is 3.38. The Bertz CT molecular complexity index is 477. The molecule has 1 heterocycles. The highest BCUT2D eigenvalue weighted by molar-refractivity contribution is 5.98. The normalized spacial score (nSPS) is 19.9. The van der Waals surface area contributed by atoms with Crippen molar-refractivity contribution in [1.82, 2.24) is 0 Å². The van der Waals surface area contributed by atoms with Gasteiger partial charge in [0.05, 0.1) is 11.3 Å². The van der Waals surface area contributed by atoms with Crippen LogP contribution in [-0.2, 0) is 0 Å². The molecule has 5 nitrogen and oxygen atoms in total. The molecule has 0 saturated carbocycles. The Morgan fingerprint density at radius 2 is 2.17 bits per heavy atom. The molecule has 2 rings (SSSR count). The summed E-state index contributed by atoms with van der Waals surface area (Å²) in [6, 6.07) is 2.58. The van der Waals surface area contributed by atoms with Gasteiger partial charge < -0.3 is 22.1 Å². The van der Waals surface area contributed by atoms with Crippen LogP contribution in [0, 0.1) is 5.82 Å². The largest absolute Gasteiger partial charge is 0.398 e. The second-order valence-electron chi connectivity index (χ2n) is 4.60. The van der Waals surface area contributed by atoms with Gasteiger partial charge in [-0.3, -0.25) is 4.79 Å². The van der Waals surface area contributed by atoms with E-state index in [4.69, 9.17) is 17.2 Å². The molecule has 1 atom stereocenters. The Labute approximate surface area is 105 Å². The lowest BCUT2D eigenvalue weighted by molar-refractivity contribution is 0.100. The van der Waals surface area contributed by atoms with Crippen LogP contribution in [0.5, 0.6) is 0 Å². The van der Waals surface area contributed by atoms with Crippen LogP contribution in [0.15, 0.2) is 12.1 Å². The van der Waals surface area contributed by atoms with Crippen LogP contribution in [0.4, 0.5) is 15.8 Å². The number of rotatable bonds is 2. The van der Waals surface area contributed by atoms with Gasteiger partial charge >= 0.3 is 0 Å². The molecule has 98 valence electrons. The van der Waals surface area contributed by atoms with Crippen molar-refractivity contribution in [2.24, 2.45) is 11.5 Å². The third kappa shape index (κ3) is 2.38. The highest BCUT2D eigenvalue weighted by Crippen LogP contribution is 2.27. The third-order valence-electron chi connectivity index (χ3n) is 3.18. The van der Waals surface area contributed by atoms with Crippen LogP contribution in [0.2, 0.25) is 0 Å². The summed E-state index contributed by atoms with van der Waals surface area (Å²) in [5.74, 6) is -1.22. The summed E-state index contributed by atoms with van der Waals surface area (Å²) in [7, 11) is 0. The van der Waals surface area contributed by atoms with Crippen LogP contribution >= 0.6 is 0 Å². The lowest BCUT2D eigenvalue weighted by Crippen LogP contribution is -2.43. The molecule has 1 fully saturated rings. The summed E-state index contributed by atoms with van der Waals surface area (Å²) in [5, 5.41) is 0. The quantitative estimate of drug-likeness (QED) is 0.665. The lowest BCUT2D eigenvalue weighted by Gasteiger charge is -2.33. The fourth-order valence-corrected chi connectivity index (χ4v) is 2.26. The molecular formula is C12H17FN4O. The molecule has 0 aromatic heterocycles. The molecule has 0 spiro atoms. The fourth-order valence-electron chi connectivity index (χ4n) is 2.26. The van der Waals surface area contributed by atoms with Crippen molar-refractivity contribution >= 4 is 17.3 Å². The first kappa shape index (κ1) is 12.6. The number of anilines is 2. The number of nitrogen functional groups attached to an aromatic ring is 1. The standard InChI is InChI=1S/C12H17FN4O/c13-9-4-8(12(16)18)10(15)5-11(9)17-3-1-2-7(14)6-17/h4-5,7H,1-3,6,14-15H2,(H2,16,18). The maximum Gasteiger partial charge on any atom is 0.250 e. The first-order valence-electron chi connectivity index (χ1n) is 5.88. The number of amides is 1. The van der Waals surface area contributed by atoms with E-state index in [-0.39, 0.29) is 17.3 Å². The van der Waals surface area contributed by atoms with Gasteiger partial charge in [0.15, 0.2) is 0 Å². The summed E-state index contributed by atoms with van der Waals surface area (Å²) in [5.41, 5.74) is 17.3. The molecule has 1 aliphatic rings. The van der Waals surface area contributed by atoms with Gasteiger partial charge in [0.2, 0.25) is 0 Å². The Morgan fingerprint density at radius 1 is 1.44 bits per heavy atom. The number of piperidine rings is 1. The monoisotopic (exact) mass is 252 g/mol. The summed E-state index contributed by atoms with van der Waals surface area (Å²) >= 11 is 0. The SMILES string of the molecule is NC(=O)c1cc(F)c(N2CCCC(N)C2)cc1N. The van der Waals surface area contributed by atoms with Crippen molar-refractivity contribution in [2.45, 2.75) is 18.9 Å². The predicted molar refractivity (Wildman–Crippen MR) is 68.8 cm³/mol. The smallest absolute Gasteiger partial charge is 0.250 e. The van der Waals surface area contributed by atoms with E-state index < -0.39 is 11.7 Å². The van der Waals surface area contributed by atoms with E-state index in [1.807, 2.05) is 4.90 Å². The maximum atomic E-state index is 14.0. The number of benzene rings is 1. The topological polar surface area (TPSA) is 98.4 Å². The van der Waals surface area contributed by atoms with Crippen molar-refractivity contribution in [3.8, 4) is 0 Å². The molecule has 1 aromatic rings. The van der Waals surface area contributed by atoms with Gasteiger partial charge in [0.1, 0.15) is 5.82 Å². The van der Waals surface area contributed by atoms with Crippen molar-refractivity contribution in [2.75, 3.05) is 23.7 Å². The molecule has 1 aromatic carbocycles.